The van der Waals surface area contributed by atoms with E-state index in [1.54, 1.807) is 12.1 Å². The number of alkyl halides is 3. The molecule has 0 saturated heterocycles. The number of benzene rings is 2. The summed E-state index contributed by atoms with van der Waals surface area (Å²) in [5.74, 6) is -0.682. The van der Waals surface area contributed by atoms with Gasteiger partial charge in [0.2, 0.25) is 3.79 Å². The Labute approximate surface area is 189 Å². The largest absolute Gasteiger partial charge is 0.339 e. The molecule has 0 unspecified atom stereocenters. The molecule has 2 rings (SSSR count). The third-order valence-electron chi connectivity index (χ3n) is 3.30. The van der Waals surface area contributed by atoms with Crippen LogP contribution in [0.15, 0.2) is 53.0 Å². The fraction of sp³-hybridized carbons (Fsp3) is 0.125. The average molecular weight is 527 g/mol. The van der Waals surface area contributed by atoms with Gasteiger partial charge in [0.25, 0.3) is 11.6 Å². The third-order valence-corrected chi connectivity index (χ3v) is 4.70. The number of nitro benzene ring substituents is 1. The lowest BCUT2D eigenvalue weighted by Gasteiger charge is -2.27. The molecular weight excluding hydrogens is 515 g/mol. The minimum atomic E-state index is -1.96. The van der Waals surface area contributed by atoms with Gasteiger partial charge in [-0.15, -0.1) is 0 Å². The second kappa shape index (κ2) is 9.71. The van der Waals surface area contributed by atoms with Crippen LogP contribution >= 0.6 is 63.0 Å². The van der Waals surface area contributed by atoms with Crippen LogP contribution < -0.4 is 16.0 Å². The van der Waals surface area contributed by atoms with Gasteiger partial charge in [-0.2, -0.15) is 0 Å². The van der Waals surface area contributed by atoms with Crippen molar-refractivity contribution in [1.29, 1.82) is 0 Å². The van der Waals surface area contributed by atoms with Crippen LogP contribution in [0.2, 0.25) is 0 Å². The summed E-state index contributed by atoms with van der Waals surface area (Å²) in [7, 11) is 0. The average Bonchev–Trinajstić information content (AvgIpc) is 2.62. The highest BCUT2D eigenvalue weighted by Gasteiger charge is 2.35. The molecule has 1 atom stereocenters. The summed E-state index contributed by atoms with van der Waals surface area (Å²) in [5, 5.41) is 19.0. The monoisotopic (exact) mass is 524 g/mol. The molecule has 2 aromatic carbocycles. The van der Waals surface area contributed by atoms with Crippen molar-refractivity contribution in [3.05, 3.63) is 68.7 Å². The molecule has 0 aliphatic carbocycles. The van der Waals surface area contributed by atoms with Crippen molar-refractivity contribution >= 4 is 85.3 Å². The molecule has 0 fully saturated rings. The van der Waals surface area contributed by atoms with Crippen molar-refractivity contribution < 1.29 is 9.72 Å². The Morgan fingerprint density at radius 3 is 2.36 bits per heavy atom. The van der Waals surface area contributed by atoms with Crippen molar-refractivity contribution in [2.75, 3.05) is 5.32 Å². The number of anilines is 1. The summed E-state index contributed by atoms with van der Waals surface area (Å²) in [6, 6.07) is 12.3. The van der Waals surface area contributed by atoms with Gasteiger partial charge in [0.15, 0.2) is 5.11 Å². The quantitative estimate of drug-likeness (QED) is 0.171. The van der Waals surface area contributed by atoms with Crippen molar-refractivity contribution in [3.63, 3.8) is 0 Å². The number of carbonyl (C=O) groups is 1. The van der Waals surface area contributed by atoms with Gasteiger partial charge in [-0.3, -0.25) is 14.9 Å². The van der Waals surface area contributed by atoms with Crippen LogP contribution in [0.5, 0.6) is 0 Å². The van der Waals surface area contributed by atoms with E-state index < -0.39 is 20.8 Å². The molecule has 2 aromatic rings. The fourth-order valence-corrected chi connectivity index (χ4v) is 2.83. The Hall–Kier alpha value is -1.65. The number of rotatable bonds is 5. The number of non-ortho nitro benzene ring substituents is 1. The zero-order valence-corrected chi connectivity index (χ0v) is 18.5. The van der Waals surface area contributed by atoms with Crippen molar-refractivity contribution in [3.8, 4) is 0 Å². The van der Waals surface area contributed by atoms with E-state index in [1.807, 2.05) is 12.1 Å². The molecule has 0 aliphatic rings. The van der Waals surface area contributed by atoms with Gasteiger partial charge in [0, 0.05) is 27.9 Å². The maximum Gasteiger partial charge on any atom is 0.270 e. The van der Waals surface area contributed by atoms with E-state index in [-0.39, 0.29) is 16.4 Å². The molecule has 148 valence electrons. The maximum atomic E-state index is 12.4. The first-order chi connectivity index (χ1) is 13.1. The number of hydrogen-bond donors (Lipinski definition) is 3. The zero-order chi connectivity index (χ0) is 20.9. The Kier molecular flexibility index (Phi) is 7.85. The number of nitrogens with zero attached hydrogens (tertiary/aromatic N) is 1. The second-order valence-corrected chi connectivity index (χ2v) is 9.05. The molecule has 3 N–H and O–H groups in total. The third kappa shape index (κ3) is 6.75. The maximum absolute atomic E-state index is 12.4. The van der Waals surface area contributed by atoms with Gasteiger partial charge < -0.3 is 16.0 Å². The van der Waals surface area contributed by atoms with Gasteiger partial charge in [-0.05, 0) is 42.5 Å². The molecule has 0 saturated carbocycles. The Morgan fingerprint density at radius 1 is 1.14 bits per heavy atom. The standard InChI is InChI=1S/C16H12BrCl3N4O3S/c17-10-4-6-11(7-5-10)21-15(28)23-14(16(18,19)20)22-13(25)9-2-1-3-12(8-9)24(26)27/h1-8,14H,(H,22,25)(H2,21,23,28)/t14-/m0/s1. The van der Waals surface area contributed by atoms with Crippen molar-refractivity contribution in [1.82, 2.24) is 10.6 Å². The number of thiocarbonyl (C=S) groups is 1. The molecular formula is C16H12BrCl3N4O3S. The molecule has 0 bridgehead atoms. The molecule has 1 amide bonds. The molecule has 7 nitrogen and oxygen atoms in total. The van der Waals surface area contributed by atoms with Gasteiger partial charge >= 0.3 is 0 Å². The molecule has 28 heavy (non-hydrogen) atoms. The molecule has 0 aromatic heterocycles. The van der Waals surface area contributed by atoms with Gasteiger partial charge in [-0.1, -0.05) is 56.8 Å². The first-order valence-electron chi connectivity index (χ1n) is 7.51. The number of halogens is 4. The predicted molar refractivity (Wildman–Crippen MR) is 118 cm³/mol. The second-order valence-electron chi connectivity index (χ2n) is 5.36. The van der Waals surface area contributed by atoms with Crippen LogP contribution in [0.1, 0.15) is 10.4 Å². The van der Waals surface area contributed by atoms with Gasteiger partial charge in [0.05, 0.1) is 4.92 Å². The highest BCUT2D eigenvalue weighted by atomic mass is 79.9. The SMILES string of the molecule is O=C(N[C@@H](NC(=S)Nc1ccc(Br)cc1)C(Cl)(Cl)Cl)c1cccc([N+](=O)[O-])c1. The number of amides is 1. The Morgan fingerprint density at radius 2 is 1.79 bits per heavy atom. The molecule has 0 radical (unpaired) electrons. The molecule has 0 aliphatic heterocycles. The fourth-order valence-electron chi connectivity index (χ4n) is 2.01. The number of hydrogen-bond acceptors (Lipinski definition) is 4. The van der Waals surface area contributed by atoms with Crippen LogP contribution in [-0.2, 0) is 0 Å². The summed E-state index contributed by atoms with van der Waals surface area (Å²) in [6.45, 7) is 0. The normalized spacial score (nSPS) is 12.0. The van der Waals surface area contributed by atoms with Crippen LogP contribution in [0.4, 0.5) is 11.4 Å². The minimum Gasteiger partial charge on any atom is -0.339 e. The van der Waals surface area contributed by atoms with Crippen molar-refractivity contribution in [2.45, 2.75) is 9.96 Å². The summed E-state index contributed by atoms with van der Waals surface area (Å²) in [6.07, 6.45) is -1.21. The van der Waals surface area contributed by atoms with Crippen LogP contribution in [0, 0.1) is 10.1 Å². The number of nitrogens with one attached hydrogen (secondary N) is 3. The van der Waals surface area contributed by atoms with Gasteiger partial charge in [0.1, 0.15) is 6.17 Å². The van der Waals surface area contributed by atoms with E-state index in [0.717, 1.165) is 10.5 Å². The Bertz CT molecular complexity index is 893. The number of nitro groups is 1. The van der Waals surface area contributed by atoms with Crippen LogP contribution in [-0.4, -0.2) is 25.9 Å². The van der Waals surface area contributed by atoms with E-state index in [9.17, 15) is 14.9 Å². The van der Waals surface area contributed by atoms with E-state index in [2.05, 4.69) is 31.9 Å². The lowest BCUT2D eigenvalue weighted by atomic mass is 10.2. The van der Waals surface area contributed by atoms with Gasteiger partial charge in [-0.25, -0.2) is 0 Å². The predicted octanol–water partition coefficient (Wildman–Crippen LogP) is 4.77. The van der Waals surface area contributed by atoms with E-state index in [1.165, 1.54) is 18.2 Å². The summed E-state index contributed by atoms with van der Waals surface area (Å²) >= 11 is 26.3. The van der Waals surface area contributed by atoms with Crippen molar-refractivity contribution in [2.24, 2.45) is 0 Å². The van der Waals surface area contributed by atoms with Crippen LogP contribution in [0.3, 0.4) is 0 Å². The lowest BCUT2D eigenvalue weighted by Crippen LogP contribution is -2.56. The van der Waals surface area contributed by atoms with E-state index in [0.29, 0.717) is 5.69 Å². The van der Waals surface area contributed by atoms with E-state index >= 15 is 0 Å². The first-order valence-corrected chi connectivity index (χ1v) is 9.85. The summed E-state index contributed by atoms with van der Waals surface area (Å²) in [5.41, 5.74) is 0.467. The summed E-state index contributed by atoms with van der Waals surface area (Å²) < 4.78 is -1.07. The Balaban J connectivity index is 2.10. The number of carbonyl (C=O) groups excluding carboxylic acids is 1. The highest BCUT2D eigenvalue weighted by molar-refractivity contribution is 9.10. The minimum absolute atomic E-state index is 0.0297. The highest BCUT2D eigenvalue weighted by Crippen LogP contribution is 2.29. The zero-order valence-electron chi connectivity index (χ0n) is 13.8. The molecule has 0 spiro atoms. The summed E-state index contributed by atoms with van der Waals surface area (Å²) in [4.78, 5) is 22.7. The van der Waals surface area contributed by atoms with E-state index in [4.69, 9.17) is 47.0 Å². The molecule has 0 heterocycles. The lowest BCUT2D eigenvalue weighted by molar-refractivity contribution is -0.384. The molecule has 12 heteroatoms. The topological polar surface area (TPSA) is 96.3 Å². The first kappa shape index (κ1) is 22.6. The smallest absolute Gasteiger partial charge is 0.270 e. The van der Waals surface area contributed by atoms with Crippen LogP contribution in [0.25, 0.3) is 0 Å².